The Morgan fingerprint density at radius 2 is 1.89 bits per heavy atom. The van der Waals surface area contributed by atoms with Gasteiger partial charge in [-0.25, -0.2) is 9.97 Å². The zero-order valence-corrected chi connectivity index (χ0v) is 15.7. The van der Waals surface area contributed by atoms with Crippen LogP contribution in [0, 0.1) is 0 Å². The Kier molecular flexibility index (Phi) is 3.86. The quantitative estimate of drug-likeness (QED) is 0.495. The molecule has 1 aliphatic rings. The van der Waals surface area contributed by atoms with Gasteiger partial charge in [0, 0.05) is 23.4 Å². The van der Waals surface area contributed by atoms with Crippen molar-refractivity contribution < 1.29 is 0 Å². The number of thiazole rings is 1. The van der Waals surface area contributed by atoms with Crippen molar-refractivity contribution in [2.45, 2.75) is 24.3 Å². The molecule has 1 aliphatic carbocycles. The van der Waals surface area contributed by atoms with Crippen LogP contribution in [-0.4, -0.2) is 21.5 Å². The largest absolute Gasteiger partial charge is 0.345 e. The summed E-state index contributed by atoms with van der Waals surface area (Å²) in [5, 5.41) is 3.41. The monoisotopic (exact) mass is 375 g/mol. The number of rotatable bonds is 5. The molecule has 5 rings (SSSR count). The van der Waals surface area contributed by atoms with Crippen LogP contribution in [0.15, 0.2) is 54.2 Å². The normalized spacial score (nSPS) is 16.5. The lowest BCUT2D eigenvalue weighted by Crippen LogP contribution is -2.45. The molecule has 4 aromatic rings. The maximum Gasteiger partial charge on any atom is 0.0963 e. The fourth-order valence-electron chi connectivity index (χ4n) is 3.49. The van der Waals surface area contributed by atoms with Crippen LogP contribution < -0.4 is 11.5 Å². The van der Waals surface area contributed by atoms with Gasteiger partial charge >= 0.3 is 0 Å². The summed E-state index contributed by atoms with van der Waals surface area (Å²) in [5.74, 6) is 0.689. The smallest absolute Gasteiger partial charge is 0.0963 e. The summed E-state index contributed by atoms with van der Waals surface area (Å²) >= 11 is 1.76. The number of nitrogens with zero attached hydrogens (tertiary/aromatic N) is 2. The van der Waals surface area contributed by atoms with Gasteiger partial charge in [0.2, 0.25) is 0 Å². The lowest BCUT2D eigenvalue weighted by molar-refractivity contribution is 0.552. The molecule has 1 fully saturated rings. The van der Waals surface area contributed by atoms with Crippen molar-refractivity contribution in [2.24, 2.45) is 11.5 Å². The first-order valence-electron chi connectivity index (χ1n) is 9.16. The van der Waals surface area contributed by atoms with Crippen LogP contribution in [0.25, 0.3) is 22.3 Å². The van der Waals surface area contributed by atoms with E-state index in [1.807, 2.05) is 18.2 Å². The predicted octanol–water partition coefficient (Wildman–Crippen LogP) is 3.72. The van der Waals surface area contributed by atoms with E-state index in [1.165, 1.54) is 17.8 Å². The molecule has 0 radical (unpaired) electrons. The molecule has 1 saturated carbocycles. The van der Waals surface area contributed by atoms with Crippen LogP contribution in [-0.2, 0) is 5.54 Å². The van der Waals surface area contributed by atoms with Crippen molar-refractivity contribution in [2.75, 3.05) is 6.54 Å². The molecule has 0 aliphatic heterocycles. The number of fused-ring (bicyclic) bond motifs is 1. The summed E-state index contributed by atoms with van der Waals surface area (Å²) in [4.78, 5) is 12.2. The van der Waals surface area contributed by atoms with E-state index in [9.17, 15) is 0 Å². The van der Waals surface area contributed by atoms with Gasteiger partial charge in [0.25, 0.3) is 0 Å². The van der Waals surface area contributed by atoms with Crippen molar-refractivity contribution >= 4 is 22.4 Å². The van der Waals surface area contributed by atoms with Crippen molar-refractivity contribution in [1.29, 1.82) is 0 Å². The van der Waals surface area contributed by atoms with Gasteiger partial charge in [0.15, 0.2) is 0 Å². The number of nitrogens with two attached hydrogens (primary N) is 2. The lowest BCUT2D eigenvalue weighted by Gasteiger charge is -2.29. The molecule has 136 valence electrons. The molecule has 2 heterocycles. The van der Waals surface area contributed by atoms with Gasteiger partial charge in [-0.2, -0.15) is 0 Å². The third-order valence-corrected chi connectivity index (χ3v) is 6.41. The summed E-state index contributed by atoms with van der Waals surface area (Å²) in [7, 11) is 0. The Morgan fingerprint density at radius 1 is 1.11 bits per heavy atom. The summed E-state index contributed by atoms with van der Waals surface area (Å²) < 4.78 is 0. The van der Waals surface area contributed by atoms with Gasteiger partial charge in [-0.1, -0.05) is 30.3 Å². The molecule has 1 unspecified atom stereocenters. The standard InChI is InChI=1S/C21H21N5S/c22-11-21(23,16-7-8-17-18(9-16)25-12-24-17)15-5-3-13(4-6-15)19-10-27-20(26-19)14-1-2-14/h3-10,12,14H,1-2,11,22-23H2,(H,24,25). The molecule has 0 bridgehead atoms. The highest BCUT2D eigenvalue weighted by Crippen LogP contribution is 2.42. The maximum absolute atomic E-state index is 6.77. The van der Waals surface area contributed by atoms with Crippen molar-refractivity contribution in [3.63, 3.8) is 0 Å². The Bertz CT molecular complexity index is 1090. The first-order valence-corrected chi connectivity index (χ1v) is 10.0. The van der Waals surface area contributed by atoms with Gasteiger partial charge in [0.1, 0.15) is 0 Å². The summed E-state index contributed by atoms with van der Waals surface area (Å²) in [6.45, 7) is 0.314. The van der Waals surface area contributed by atoms with Gasteiger partial charge in [0.05, 0.1) is 33.6 Å². The SMILES string of the molecule is NCC(N)(c1ccc(-c2csc(C3CC3)n2)cc1)c1ccc2nc[nH]c2c1. The summed E-state index contributed by atoms with van der Waals surface area (Å²) in [6, 6.07) is 14.3. The van der Waals surface area contributed by atoms with Gasteiger partial charge in [-0.05, 0) is 36.1 Å². The number of nitrogens with one attached hydrogen (secondary N) is 1. The average molecular weight is 376 g/mol. The van der Waals surface area contributed by atoms with E-state index in [-0.39, 0.29) is 0 Å². The number of aromatic nitrogens is 3. The second kappa shape index (κ2) is 6.27. The Balaban J connectivity index is 1.49. The Morgan fingerprint density at radius 3 is 2.63 bits per heavy atom. The van der Waals surface area contributed by atoms with Crippen LogP contribution in [0.5, 0.6) is 0 Å². The van der Waals surface area contributed by atoms with Crippen molar-refractivity contribution in [3.05, 3.63) is 70.3 Å². The average Bonchev–Trinajstić information content (AvgIpc) is 3.26. The topological polar surface area (TPSA) is 93.6 Å². The first-order chi connectivity index (χ1) is 13.2. The van der Waals surface area contributed by atoms with Crippen LogP contribution >= 0.6 is 11.3 Å². The van der Waals surface area contributed by atoms with E-state index < -0.39 is 5.54 Å². The minimum Gasteiger partial charge on any atom is -0.345 e. The van der Waals surface area contributed by atoms with Crippen LogP contribution in [0.2, 0.25) is 0 Å². The number of imidazole rings is 1. The third-order valence-electron chi connectivity index (χ3n) is 5.40. The molecule has 2 aromatic heterocycles. The highest BCUT2D eigenvalue weighted by atomic mass is 32.1. The Hall–Kier alpha value is -2.54. The molecule has 5 N–H and O–H groups in total. The molecule has 0 spiro atoms. The number of hydrogen-bond donors (Lipinski definition) is 3. The zero-order chi connectivity index (χ0) is 18.4. The van der Waals surface area contributed by atoms with E-state index in [2.05, 4.69) is 39.6 Å². The fraction of sp³-hybridized carbons (Fsp3) is 0.238. The van der Waals surface area contributed by atoms with Crippen molar-refractivity contribution in [1.82, 2.24) is 15.0 Å². The zero-order valence-electron chi connectivity index (χ0n) is 14.9. The molecule has 6 heteroatoms. The highest BCUT2D eigenvalue weighted by Gasteiger charge is 2.29. The second-order valence-electron chi connectivity index (χ2n) is 7.23. The highest BCUT2D eigenvalue weighted by molar-refractivity contribution is 7.10. The number of benzene rings is 2. The van der Waals surface area contributed by atoms with E-state index in [4.69, 9.17) is 16.5 Å². The summed E-state index contributed by atoms with van der Waals surface area (Å²) in [5.41, 5.74) is 18.1. The van der Waals surface area contributed by atoms with Crippen LogP contribution in [0.1, 0.15) is 34.9 Å². The van der Waals surface area contributed by atoms with E-state index in [0.29, 0.717) is 12.5 Å². The minimum absolute atomic E-state index is 0.314. The van der Waals surface area contributed by atoms with Crippen LogP contribution in [0.3, 0.4) is 0 Å². The van der Waals surface area contributed by atoms with Gasteiger partial charge < -0.3 is 16.5 Å². The minimum atomic E-state index is -0.751. The molecular formula is C21H21N5S. The van der Waals surface area contributed by atoms with Crippen LogP contribution in [0.4, 0.5) is 0 Å². The number of hydrogen-bond acceptors (Lipinski definition) is 5. The van der Waals surface area contributed by atoms with E-state index >= 15 is 0 Å². The molecule has 0 amide bonds. The van der Waals surface area contributed by atoms with E-state index in [0.717, 1.165) is 33.4 Å². The Labute approximate surface area is 161 Å². The summed E-state index contributed by atoms with van der Waals surface area (Å²) in [6.07, 6.45) is 4.24. The van der Waals surface area contributed by atoms with Gasteiger partial charge in [-0.3, -0.25) is 0 Å². The van der Waals surface area contributed by atoms with E-state index in [1.54, 1.807) is 17.7 Å². The molecule has 1 atom stereocenters. The predicted molar refractivity (Wildman–Crippen MR) is 110 cm³/mol. The molecule has 27 heavy (non-hydrogen) atoms. The first kappa shape index (κ1) is 16.6. The maximum atomic E-state index is 6.77. The molecular weight excluding hydrogens is 354 g/mol. The molecule has 0 saturated heterocycles. The molecule has 5 nitrogen and oxygen atoms in total. The number of H-pyrrole nitrogens is 1. The fourth-order valence-corrected chi connectivity index (χ4v) is 4.49. The van der Waals surface area contributed by atoms with Crippen molar-refractivity contribution in [3.8, 4) is 11.3 Å². The van der Waals surface area contributed by atoms with Gasteiger partial charge in [-0.15, -0.1) is 11.3 Å². The third kappa shape index (κ3) is 2.86. The number of aromatic amines is 1. The lowest BCUT2D eigenvalue weighted by atomic mass is 9.83. The molecule has 2 aromatic carbocycles. The second-order valence-corrected chi connectivity index (χ2v) is 8.12.